The number of hydrogen-bond donors (Lipinski definition) is 5. The normalized spacial score (nSPS) is 11.3. The number of nitroso groups, excluding NO2 is 1. The van der Waals surface area contributed by atoms with E-state index in [1.165, 1.54) is 6.92 Å². The fourth-order valence-electron chi connectivity index (χ4n) is 3.06. The summed E-state index contributed by atoms with van der Waals surface area (Å²) < 4.78 is 0. The average molecular weight is 594 g/mol. The highest BCUT2D eigenvalue weighted by Crippen LogP contribution is 2.04. The van der Waals surface area contributed by atoms with E-state index < -0.39 is 17.7 Å². The molecule has 0 spiro atoms. The van der Waals surface area contributed by atoms with Gasteiger partial charge in [-0.15, -0.1) is 4.91 Å². The van der Waals surface area contributed by atoms with Crippen LogP contribution in [0.15, 0.2) is 53.9 Å². The summed E-state index contributed by atoms with van der Waals surface area (Å²) in [6, 6.07) is 0. The number of allylic oxidation sites excluding steroid dienone is 4. The molecule has 15 heteroatoms. The molecule has 0 radical (unpaired) electrons. The minimum Gasteiger partial charge on any atom is -0.356 e. The molecule has 0 aliphatic carbocycles. The van der Waals surface area contributed by atoms with E-state index >= 15 is 0 Å². The Hall–Kier alpha value is -4.21. The summed E-state index contributed by atoms with van der Waals surface area (Å²) in [5, 5.41) is 28.7. The molecular weight excluding hydrogens is 550 g/mol. The standard InChI is InChI=1S/C27H43N7O8/c1-23(35)33(41)21-11-5-3-8-18-29-24(36)13-15-26(38)32(31-40)20-10-6-9-19-30-25(37)14-16-27(39)34(42)22-12-4-2-7-17-28/h2-5,7-8,11-12,41-42H,6,9-10,13-22,28H2,1H3,(H,29,36)(H,30,37)/b7-2+,8-3+,11-5+,12-4+. The first-order chi connectivity index (χ1) is 20.1. The fourth-order valence-corrected chi connectivity index (χ4v) is 3.06. The number of hydrogen-bond acceptors (Lipinski definition) is 10. The van der Waals surface area contributed by atoms with Crippen LogP contribution in [0.25, 0.3) is 0 Å². The Morgan fingerprint density at radius 2 is 1.31 bits per heavy atom. The van der Waals surface area contributed by atoms with Crippen LogP contribution in [-0.2, 0) is 24.0 Å². The van der Waals surface area contributed by atoms with Gasteiger partial charge in [0.25, 0.3) is 0 Å². The molecular formula is C27H43N7O8. The molecule has 6 N–H and O–H groups in total. The van der Waals surface area contributed by atoms with Gasteiger partial charge < -0.3 is 16.4 Å². The molecule has 0 fully saturated rings. The van der Waals surface area contributed by atoms with Gasteiger partial charge >= 0.3 is 0 Å². The second kappa shape index (κ2) is 24.6. The Kier molecular flexibility index (Phi) is 22.1. The smallest absolute Gasteiger partial charge is 0.246 e. The van der Waals surface area contributed by atoms with E-state index in [4.69, 9.17) is 5.73 Å². The van der Waals surface area contributed by atoms with Crippen LogP contribution in [0, 0.1) is 4.91 Å². The van der Waals surface area contributed by atoms with Crippen molar-refractivity contribution in [3.05, 3.63) is 53.5 Å². The number of nitrogens with one attached hydrogen (secondary N) is 2. The largest absolute Gasteiger partial charge is 0.356 e. The molecule has 0 aromatic heterocycles. The molecule has 0 unspecified atom stereocenters. The molecule has 0 aromatic carbocycles. The Balaban J connectivity index is 4.02. The maximum absolute atomic E-state index is 12.2. The minimum absolute atomic E-state index is 0.00866. The van der Waals surface area contributed by atoms with Crippen LogP contribution >= 0.6 is 0 Å². The zero-order chi connectivity index (χ0) is 31.6. The van der Waals surface area contributed by atoms with Crippen molar-refractivity contribution in [1.82, 2.24) is 25.8 Å². The number of carbonyl (C=O) groups excluding carboxylic acids is 5. The van der Waals surface area contributed by atoms with Gasteiger partial charge in [-0.3, -0.25) is 34.4 Å². The van der Waals surface area contributed by atoms with Crippen molar-refractivity contribution in [1.29, 1.82) is 0 Å². The fraction of sp³-hybridized carbons (Fsp3) is 0.519. The molecule has 234 valence electrons. The molecule has 0 saturated heterocycles. The highest BCUT2D eigenvalue weighted by molar-refractivity contribution is 5.84. The quantitative estimate of drug-likeness (QED) is 0.0399. The van der Waals surface area contributed by atoms with Crippen molar-refractivity contribution in [3.8, 4) is 0 Å². The molecule has 15 nitrogen and oxygen atoms in total. The van der Waals surface area contributed by atoms with E-state index in [0.29, 0.717) is 42.5 Å². The number of nitrogens with two attached hydrogens (primary N) is 1. The van der Waals surface area contributed by atoms with Crippen LogP contribution in [0.3, 0.4) is 0 Å². The molecule has 42 heavy (non-hydrogen) atoms. The van der Waals surface area contributed by atoms with Crippen LogP contribution in [0.2, 0.25) is 0 Å². The lowest BCUT2D eigenvalue weighted by atomic mass is 10.2. The summed E-state index contributed by atoms with van der Waals surface area (Å²) in [7, 11) is 0. The van der Waals surface area contributed by atoms with Gasteiger partial charge in [-0.05, 0) is 19.3 Å². The molecule has 0 aromatic rings. The summed E-state index contributed by atoms with van der Waals surface area (Å²) in [5.41, 5.74) is 5.30. The summed E-state index contributed by atoms with van der Waals surface area (Å²) in [6.07, 6.45) is 14.2. The molecule has 0 saturated carbocycles. The van der Waals surface area contributed by atoms with Gasteiger partial charge in [-0.25, -0.2) is 10.1 Å². The molecule has 5 amide bonds. The second-order valence-corrected chi connectivity index (χ2v) is 8.84. The molecule has 0 atom stereocenters. The van der Waals surface area contributed by atoms with Crippen LogP contribution in [0.4, 0.5) is 0 Å². The van der Waals surface area contributed by atoms with E-state index in [2.05, 4.69) is 15.9 Å². The van der Waals surface area contributed by atoms with E-state index in [0.717, 1.165) is 5.01 Å². The highest BCUT2D eigenvalue weighted by Gasteiger charge is 2.15. The Morgan fingerprint density at radius 1 is 0.738 bits per heavy atom. The van der Waals surface area contributed by atoms with Crippen molar-refractivity contribution in [2.24, 2.45) is 11.0 Å². The third kappa shape index (κ3) is 20.7. The SMILES string of the molecule is CC(=O)N(O)C/C=C/C=C/CNC(=O)CCC(=O)N(CCCCCNC(=O)CCC(=O)N(O)C/C=C/C=C/CN)N=O. The zero-order valence-corrected chi connectivity index (χ0v) is 24.0. The minimum atomic E-state index is -0.579. The van der Waals surface area contributed by atoms with Crippen LogP contribution in [0.1, 0.15) is 51.9 Å². The maximum Gasteiger partial charge on any atom is 0.246 e. The zero-order valence-electron chi connectivity index (χ0n) is 24.0. The maximum atomic E-state index is 12.2. The third-order valence-electron chi connectivity index (χ3n) is 5.41. The lowest BCUT2D eigenvalue weighted by molar-refractivity contribution is -0.163. The first-order valence-corrected chi connectivity index (χ1v) is 13.6. The second-order valence-electron chi connectivity index (χ2n) is 8.84. The van der Waals surface area contributed by atoms with Crippen molar-refractivity contribution in [3.63, 3.8) is 0 Å². The van der Waals surface area contributed by atoms with E-state index in [1.807, 2.05) is 0 Å². The monoisotopic (exact) mass is 593 g/mol. The molecule has 0 aliphatic heterocycles. The van der Waals surface area contributed by atoms with Gasteiger partial charge in [0, 0.05) is 58.8 Å². The molecule has 0 bridgehead atoms. The van der Waals surface area contributed by atoms with Crippen molar-refractivity contribution < 1.29 is 34.4 Å². The number of hydroxylamine groups is 4. The number of unbranched alkanes of at least 4 members (excludes halogenated alkanes) is 2. The van der Waals surface area contributed by atoms with Gasteiger partial charge in [0.2, 0.25) is 29.5 Å². The third-order valence-corrected chi connectivity index (χ3v) is 5.41. The van der Waals surface area contributed by atoms with Crippen LogP contribution in [-0.4, -0.2) is 94.4 Å². The number of rotatable bonds is 22. The number of amides is 5. The van der Waals surface area contributed by atoms with Crippen molar-refractivity contribution >= 4 is 29.5 Å². The summed E-state index contributed by atoms with van der Waals surface area (Å²) in [4.78, 5) is 69.7. The lowest BCUT2D eigenvalue weighted by Gasteiger charge is -2.13. The Labute approximate surface area is 245 Å². The number of nitrogens with zero attached hydrogens (tertiary/aromatic N) is 4. The summed E-state index contributed by atoms with van der Waals surface area (Å²) in [6.45, 7) is 2.28. The highest BCUT2D eigenvalue weighted by atomic mass is 16.5. The van der Waals surface area contributed by atoms with Crippen LogP contribution < -0.4 is 16.4 Å². The van der Waals surface area contributed by atoms with Gasteiger partial charge in [0.05, 0.1) is 18.4 Å². The number of carbonyl (C=O) groups is 5. The van der Waals surface area contributed by atoms with Gasteiger partial charge in [-0.1, -0.05) is 48.6 Å². The van der Waals surface area contributed by atoms with E-state index in [1.54, 1.807) is 48.6 Å². The predicted octanol–water partition coefficient (Wildman–Crippen LogP) is 1.10. The van der Waals surface area contributed by atoms with Crippen LogP contribution in [0.5, 0.6) is 0 Å². The first kappa shape index (κ1) is 37.8. The first-order valence-electron chi connectivity index (χ1n) is 13.6. The van der Waals surface area contributed by atoms with Gasteiger partial charge in [0.1, 0.15) is 0 Å². The Bertz CT molecular complexity index is 982. The molecule has 0 aliphatic rings. The van der Waals surface area contributed by atoms with Crippen molar-refractivity contribution in [2.75, 3.05) is 39.3 Å². The van der Waals surface area contributed by atoms with E-state index in [9.17, 15) is 39.3 Å². The predicted molar refractivity (Wildman–Crippen MR) is 154 cm³/mol. The van der Waals surface area contributed by atoms with Gasteiger partial charge in [0.15, 0.2) is 0 Å². The lowest BCUT2D eigenvalue weighted by Crippen LogP contribution is -2.30. The van der Waals surface area contributed by atoms with Crippen molar-refractivity contribution in [2.45, 2.75) is 51.9 Å². The van der Waals surface area contributed by atoms with Gasteiger partial charge in [-0.2, -0.15) is 5.01 Å². The molecule has 0 heterocycles. The molecule has 0 rings (SSSR count). The topological polar surface area (TPSA) is 215 Å². The summed E-state index contributed by atoms with van der Waals surface area (Å²) >= 11 is 0. The average Bonchev–Trinajstić information content (AvgIpc) is 2.97. The Morgan fingerprint density at radius 3 is 1.93 bits per heavy atom. The van der Waals surface area contributed by atoms with E-state index in [-0.39, 0.29) is 63.7 Å². The summed E-state index contributed by atoms with van der Waals surface area (Å²) in [5.74, 6) is -2.34.